The fraction of sp³-hybridized carbons (Fsp3) is 0.100. The molecular formula is C10H8Br2N2O. The van der Waals surface area contributed by atoms with Crippen molar-refractivity contribution < 1.29 is 4.74 Å². The molecule has 1 aromatic carbocycles. The number of hydrogen-bond donors (Lipinski definition) is 0. The molecule has 0 aliphatic carbocycles. The van der Waals surface area contributed by atoms with Gasteiger partial charge >= 0.3 is 0 Å². The lowest BCUT2D eigenvalue weighted by Crippen LogP contribution is -1.93. The summed E-state index contributed by atoms with van der Waals surface area (Å²) in [6.07, 6.45) is 1.89. The van der Waals surface area contributed by atoms with Crippen LogP contribution in [-0.2, 0) is 0 Å². The van der Waals surface area contributed by atoms with Gasteiger partial charge in [0, 0.05) is 12.3 Å². The molecule has 15 heavy (non-hydrogen) atoms. The molecule has 0 saturated carbocycles. The maximum absolute atomic E-state index is 5.16. The van der Waals surface area contributed by atoms with E-state index in [2.05, 4.69) is 36.8 Å². The van der Waals surface area contributed by atoms with Gasteiger partial charge in [-0.25, -0.2) is 4.98 Å². The molecule has 0 amide bonds. The predicted molar refractivity (Wildman–Crippen MR) is 65.5 cm³/mol. The second-order valence-electron chi connectivity index (χ2n) is 2.90. The monoisotopic (exact) mass is 330 g/mol. The molecule has 2 aromatic rings. The minimum absolute atomic E-state index is 0.752. The van der Waals surface area contributed by atoms with Gasteiger partial charge in [0.05, 0.1) is 12.8 Å². The van der Waals surface area contributed by atoms with Gasteiger partial charge in [-0.3, -0.25) is 4.57 Å². The predicted octanol–water partition coefficient (Wildman–Crippen LogP) is 3.41. The number of aromatic nitrogens is 2. The van der Waals surface area contributed by atoms with Crippen molar-refractivity contribution in [1.29, 1.82) is 0 Å². The SMILES string of the molecule is COc1cccc(-n2cc(Br)nc2Br)c1. The van der Waals surface area contributed by atoms with Gasteiger partial charge in [0.1, 0.15) is 10.4 Å². The molecule has 0 spiro atoms. The highest BCUT2D eigenvalue weighted by Gasteiger charge is 2.05. The Bertz CT molecular complexity index is 482. The molecular weight excluding hydrogens is 324 g/mol. The number of imidazole rings is 1. The summed E-state index contributed by atoms with van der Waals surface area (Å²) in [4.78, 5) is 4.20. The molecule has 3 nitrogen and oxygen atoms in total. The molecule has 0 radical (unpaired) electrons. The second kappa shape index (κ2) is 4.37. The van der Waals surface area contributed by atoms with E-state index >= 15 is 0 Å². The number of benzene rings is 1. The summed E-state index contributed by atoms with van der Waals surface area (Å²) >= 11 is 6.70. The normalized spacial score (nSPS) is 10.3. The van der Waals surface area contributed by atoms with Crippen LogP contribution in [0.25, 0.3) is 5.69 Å². The van der Waals surface area contributed by atoms with Crippen molar-refractivity contribution in [3.8, 4) is 11.4 Å². The van der Waals surface area contributed by atoms with Crippen molar-refractivity contribution in [3.05, 3.63) is 39.8 Å². The summed E-state index contributed by atoms with van der Waals surface area (Å²) in [5, 5.41) is 0. The molecule has 0 N–H and O–H groups in total. The summed E-state index contributed by atoms with van der Waals surface area (Å²) < 4.78 is 8.63. The number of ether oxygens (including phenoxy) is 1. The van der Waals surface area contributed by atoms with Crippen LogP contribution in [0.1, 0.15) is 0 Å². The van der Waals surface area contributed by atoms with E-state index in [1.807, 2.05) is 35.0 Å². The molecule has 0 atom stereocenters. The van der Waals surface area contributed by atoms with Crippen LogP contribution >= 0.6 is 31.9 Å². The highest BCUT2D eigenvalue weighted by Crippen LogP contribution is 2.22. The van der Waals surface area contributed by atoms with Crippen LogP contribution in [0.15, 0.2) is 39.8 Å². The van der Waals surface area contributed by atoms with Gasteiger partial charge in [0.25, 0.3) is 0 Å². The van der Waals surface area contributed by atoms with Gasteiger partial charge < -0.3 is 4.74 Å². The number of halogens is 2. The Hall–Kier alpha value is -0.810. The zero-order chi connectivity index (χ0) is 10.8. The zero-order valence-corrected chi connectivity index (χ0v) is 11.1. The van der Waals surface area contributed by atoms with E-state index in [4.69, 9.17) is 4.74 Å². The molecule has 0 unspecified atom stereocenters. The first-order chi connectivity index (χ1) is 7.20. The minimum Gasteiger partial charge on any atom is -0.497 e. The van der Waals surface area contributed by atoms with Crippen molar-refractivity contribution in [3.63, 3.8) is 0 Å². The summed E-state index contributed by atoms with van der Waals surface area (Å²) in [6, 6.07) is 7.78. The van der Waals surface area contributed by atoms with Gasteiger partial charge in [0.2, 0.25) is 0 Å². The molecule has 1 aromatic heterocycles. The summed E-state index contributed by atoms with van der Waals surface area (Å²) in [7, 11) is 1.65. The lowest BCUT2D eigenvalue weighted by atomic mass is 10.3. The Kier molecular flexibility index (Phi) is 3.11. The maximum Gasteiger partial charge on any atom is 0.182 e. The molecule has 5 heteroatoms. The van der Waals surface area contributed by atoms with E-state index in [1.54, 1.807) is 7.11 Å². The Morgan fingerprint density at radius 2 is 2.13 bits per heavy atom. The summed E-state index contributed by atoms with van der Waals surface area (Å²) in [6.45, 7) is 0. The van der Waals surface area contributed by atoms with E-state index < -0.39 is 0 Å². The topological polar surface area (TPSA) is 27.1 Å². The maximum atomic E-state index is 5.16. The molecule has 1 heterocycles. The Morgan fingerprint density at radius 1 is 1.33 bits per heavy atom. The Morgan fingerprint density at radius 3 is 2.73 bits per heavy atom. The van der Waals surface area contributed by atoms with Crippen molar-refractivity contribution in [2.24, 2.45) is 0 Å². The molecule has 0 fully saturated rings. The smallest absolute Gasteiger partial charge is 0.182 e. The molecule has 78 valence electrons. The van der Waals surface area contributed by atoms with Gasteiger partial charge in [-0.05, 0) is 44.0 Å². The molecule has 0 aliphatic rings. The van der Waals surface area contributed by atoms with E-state index in [9.17, 15) is 0 Å². The van der Waals surface area contributed by atoms with Gasteiger partial charge in [-0.15, -0.1) is 0 Å². The number of nitrogens with zero attached hydrogens (tertiary/aromatic N) is 2. The van der Waals surface area contributed by atoms with Gasteiger partial charge in [-0.1, -0.05) is 6.07 Å². The highest BCUT2D eigenvalue weighted by atomic mass is 79.9. The molecule has 2 rings (SSSR count). The van der Waals surface area contributed by atoms with Crippen LogP contribution < -0.4 is 4.74 Å². The van der Waals surface area contributed by atoms with Gasteiger partial charge in [-0.2, -0.15) is 0 Å². The first kappa shape index (κ1) is 10.7. The van der Waals surface area contributed by atoms with E-state index in [-0.39, 0.29) is 0 Å². The van der Waals surface area contributed by atoms with Crippen LogP contribution in [0.2, 0.25) is 0 Å². The standard InChI is InChI=1S/C10H8Br2N2O/c1-15-8-4-2-3-7(5-8)14-6-9(11)13-10(14)12/h2-6H,1H3. The average Bonchev–Trinajstić information content (AvgIpc) is 2.58. The summed E-state index contributed by atoms with van der Waals surface area (Å²) in [5.74, 6) is 0.823. The van der Waals surface area contributed by atoms with E-state index in [0.29, 0.717) is 0 Å². The third kappa shape index (κ3) is 2.23. The van der Waals surface area contributed by atoms with Crippen LogP contribution in [0, 0.1) is 0 Å². The molecule has 0 saturated heterocycles. The number of rotatable bonds is 2. The van der Waals surface area contributed by atoms with Crippen molar-refractivity contribution >= 4 is 31.9 Å². The van der Waals surface area contributed by atoms with Crippen molar-refractivity contribution in [2.45, 2.75) is 0 Å². The average molecular weight is 332 g/mol. The third-order valence-electron chi connectivity index (χ3n) is 1.96. The van der Waals surface area contributed by atoms with Crippen LogP contribution in [0.4, 0.5) is 0 Å². The van der Waals surface area contributed by atoms with Crippen LogP contribution in [0.5, 0.6) is 5.75 Å². The fourth-order valence-electron chi connectivity index (χ4n) is 1.27. The minimum atomic E-state index is 0.752. The number of methoxy groups -OCH3 is 1. The Balaban J connectivity index is 2.49. The molecule has 0 aliphatic heterocycles. The number of hydrogen-bond acceptors (Lipinski definition) is 2. The molecule has 0 bridgehead atoms. The zero-order valence-electron chi connectivity index (χ0n) is 7.95. The van der Waals surface area contributed by atoms with E-state index in [1.165, 1.54) is 0 Å². The quantitative estimate of drug-likeness (QED) is 0.843. The third-order valence-corrected chi connectivity index (χ3v) is 2.91. The van der Waals surface area contributed by atoms with Crippen LogP contribution in [0.3, 0.4) is 0 Å². The van der Waals surface area contributed by atoms with Crippen LogP contribution in [-0.4, -0.2) is 16.7 Å². The van der Waals surface area contributed by atoms with Gasteiger partial charge in [0.15, 0.2) is 4.73 Å². The lowest BCUT2D eigenvalue weighted by Gasteiger charge is -2.05. The first-order valence-corrected chi connectivity index (χ1v) is 5.84. The second-order valence-corrected chi connectivity index (χ2v) is 4.43. The van der Waals surface area contributed by atoms with E-state index in [0.717, 1.165) is 20.8 Å². The fourth-order valence-corrected chi connectivity index (χ4v) is 2.38. The summed E-state index contributed by atoms with van der Waals surface area (Å²) in [5.41, 5.74) is 0.999. The largest absolute Gasteiger partial charge is 0.497 e. The highest BCUT2D eigenvalue weighted by molar-refractivity contribution is 9.11. The Labute approximate surface area is 104 Å². The first-order valence-electron chi connectivity index (χ1n) is 4.25. The van der Waals surface area contributed by atoms with Crippen molar-refractivity contribution in [2.75, 3.05) is 7.11 Å². The van der Waals surface area contributed by atoms with Crippen molar-refractivity contribution in [1.82, 2.24) is 9.55 Å². The lowest BCUT2D eigenvalue weighted by molar-refractivity contribution is 0.414.